The Labute approximate surface area is 102 Å². The molecule has 5 nitrogen and oxygen atoms in total. The molecular weight excluding hydrogens is 218 g/mol. The van der Waals surface area contributed by atoms with Crippen molar-refractivity contribution < 1.29 is 9.90 Å². The third kappa shape index (κ3) is 4.19. The van der Waals surface area contributed by atoms with Crippen molar-refractivity contribution >= 4 is 5.97 Å². The predicted molar refractivity (Wildman–Crippen MR) is 65.7 cm³/mol. The summed E-state index contributed by atoms with van der Waals surface area (Å²) in [5.41, 5.74) is 1.13. The molecule has 0 saturated heterocycles. The lowest BCUT2D eigenvalue weighted by atomic mass is 10.2. The first kappa shape index (κ1) is 13.7. The Morgan fingerprint density at radius 1 is 1.59 bits per heavy atom. The van der Waals surface area contributed by atoms with E-state index >= 15 is 0 Å². The van der Waals surface area contributed by atoms with E-state index in [4.69, 9.17) is 5.11 Å². The van der Waals surface area contributed by atoms with E-state index in [-0.39, 0.29) is 6.42 Å². The van der Waals surface area contributed by atoms with Gasteiger partial charge in [0, 0.05) is 31.9 Å². The highest BCUT2D eigenvalue weighted by Gasteiger charge is 2.13. The highest BCUT2D eigenvalue weighted by Crippen LogP contribution is 2.08. The third-order valence-electron chi connectivity index (χ3n) is 2.81. The van der Waals surface area contributed by atoms with Gasteiger partial charge >= 0.3 is 5.97 Å². The van der Waals surface area contributed by atoms with Gasteiger partial charge in [0.05, 0.1) is 12.1 Å². The van der Waals surface area contributed by atoms with Crippen LogP contribution in [0.5, 0.6) is 0 Å². The van der Waals surface area contributed by atoms with Crippen LogP contribution >= 0.6 is 0 Å². The smallest absolute Gasteiger partial charge is 0.304 e. The second-order valence-electron chi connectivity index (χ2n) is 4.35. The lowest BCUT2D eigenvalue weighted by molar-refractivity contribution is -0.137. The van der Waals surface area contributed by atoms with Crippen molar-refractivity contribution in [1.82, 2.24) is 14.7 Å². The molecule has 0 amide bonds. The Bertz CT molecular complexity index is 360. The quantitative estimate of drug-likeness (QED) is 0.785. The molecule has 0 spiro atoms. The number of carbonyl (C=O) groups is 1. The summed E-state index contributed by atoms with van der Waals surface area (Å²) in [5, 5.41) is 12.9. The number of hydrogen-bond donors (Lipinski definition) is 1. The zero-order chi connectivity index (χ0) is 12.8. The molecule has 5 heteroatoms. The van der Waals surface area contributed by atoms with Crippen LogP contribution in [0.3, 0.4) is 0 Å². The van der Waals surface area contributed by atoms with Crippen molar-refractivity contribution in [3.8, 4) is 0 Å². The zero-order valence-electron chi connectivity index (χ0n) is 10.8. The van der Waals surface area contributed by atoms with Crippen LogP contribution in [0.2, 0.25) is 0 Å². The first-order chi connectivity index (χ1) is 8.04. The zero-order valence-corrected chi connectivity index (χ0v) is 10.8. The Morgan fingerprint density at radius 2 is 2.29 bits per heavy atom. The van der Waals surface area contributed by atoms with Crippen LogP contribution in [0.25, 0.3) is 0 Å². The van der Waals surface area contributed by atoms with Gasteiger partial charge in [-0.3, -0.25) is 14.4 Å². The number of carboxylic acids is 1. The predicted octanol–water partition coefficient (Wildman–Crippen LogP) is 1.59. The molecule has 1 rings (SSSR count). The first-order valence-corrected chi connectivity index (χ1v) is 6.01. The van der Waals surface area contributed by atoms with E-state index < -0.39 is 5.97 Å². The lowest BCUT2D eigenvalue weighted by Crippen LogP contribution is -2.33. The van der Waals surface area contributed by atoms with Crippen molar-refractivity contribution in [1.29, 1.82) is 0 Å². The topological polar surface area (TPSA) is 58.4 Å². The summed E-state index contributed by atoms with van der Waals surface area (Å²) in [5.74, 6) is -0.750. The average molecular weight is 239 g/mol. The molecular formula is C12H21N3O2. The number of aryl methyl sites for hydroxylation is 1. The van der Waals surface area contributed by atoms with Gasteiger partial charge in [-0.15, -0.1) is 0 Å². The normalized spacial score (nSPS) is 11.4. The highest BCUT2D eigenvalue weighted by molar-refractivity contribution is 5.66. The maximum Gasteiger partial charge on any atom is 0.304 e. The minimum Gasteiger partial charge on any atom is -0.481 e. The summed E-state index contributed by atoms with van der Waals surface area (Å²) in [6.45, 7) is 8.37. The maximum atomic E-state index is 10.6. The van der Waals surface area contributed by atoms with E-state index in [0.717, 1.165) is 18.8 Å². The van der Waals surface area contributed by atoms with Crippen LogP contribution in [0.1, 0.15) is 32.9 Å². The van der Waals surface area contributed by atoms with Crippen LogP contribution in [0, 0.1) is 0 Å². The highest BCUT2D eigenvalue weighted by atomic mass is 16.4. The van der Waals surface area contributed by atoms with Crippen LogP contribution in [0.4, 0.5) is 0 Å². The van der Waals surface area contributed by atoms with Crippen molar-refractivity contribution in [2.45, 2.75) is 46.3 Å². The standard InChI is InChI=1S/C12H21N3O2/c1-4-15-11(5-7-13-15)9-14(10(2)3)8-6-12(16)17/h5,7,10H,4,6,8-9H2,1-3H3,(H,16,17). The molecule has 96 valence electrons. The van der Waals surface area contributed by atoms with E-state index in [1.54, 1.807) is 6.20 Å². The summed E-state index contributed by atoms with van der Waals surface area (Å²) in [7, 11) is 0. The maximum absolute atomic E-state index is 10.6. The molecule has 0 bridgehead atoms. The average Bonchev–Trinajstić information content (AvgIpc) is 2.70. The van der Waals surface area contributed by atoms with Crippen LogP contribution in [0.15, 0.2) is 12.3 Å². The fourth-order valence-corrected chi connectivity index (χ4v) is 1.75. The molecule has 0 fully saturated rings. The Hall–Kier alpha value is -1.36. The molecule has 0 atom stereocenters. The Morgan fingerprint density at radius 3 is 2.82 bits per heavy atom. The molecule has 0 saturated carbocycles. The molecule has 17 heavy (non-hydrogen) atoms. The van der Waals surface area contributed by atoms with Crippen LogP contribution in [-0.2, 0) is 17.9 Å². The summed E-state index contributed by atoms with van der Waals surface area (Å²) in [4.78, 5) is 12.8. The number of hydrogen-bond acceptors (Lipinski definition) is 3. The summed E-state index contributed by atoms with van der Waals surface area (Å²) >= 11 is 0. The number of aliphatic carboxylic acids is 1. The van der Waals surface area contributed by atoms with Gasteiger partial charge in [-0.25, -0.2) is 0 Å². The molecule has 1 heterocycles. The minimum atomic E-state index is -0.750. The lowest BCUT2D eigenvalue weighted by Gasteiger charge is -2.25. The first-order valence-electron chi connectivity index (χ1n) is 6.01. The van der Waals surface area contributed by atoms with E-state index in [1.807, 2.05) is 17.7 Å². The summed E-state index contributed by atoms with van der Waals surface area (Å²) in [6, 6.07) is 2.31. The van der Waals surface area contributed by atoms with E-state index in [9.17, 15) is 4.79 Å². The number of carboxylic acid groups (broad SMARTS) is 1. The Balaban J connectivity index is 2.63. The van der Waals surface area contributed by atoms with Gasteiger partial charge in [0.25, 0.3) is 0 Å². The van der Waals surface area contributed by atoms with Crippen molar-refractivity contribution in [2.75, 3.05) is 6.54 Å². The molecule has 0 radical (unpaired) electrons. The van der Waals surface area contributed by atoms with Crippen molar-refractivity contribution in [3.05, 3.63) is 18.0 Å². The molecule has 0 aliphatic carbocycles. The van der Waals surface area contributed by atoms with Gasteiger partial charge in [0.15, 0.2) is 0 Å². The van der Waals surface area contributed by atoms with Crippen LogP contribution in [-0.4, -0.2) is 38.3 Å². The van der Waals surface area contributed by atoms with Crippen molar-refractivity contribution in [2.24, 2.45) is 0 Å². The fourth-order valence-electron chi connectivity index (χ4n) is 1.75. The van der Waals surface area contributed by atoms with Crippen LogP contribution < -0.4 is 0 Å². The SMILES string of the molecule is CCn1nccc1CN(CCC(=O)O)C(C)C. The minimum absolute atomic E-state index is 0.179. The molecule has 1 N–H and O–H groups in total. The van der Waals surface area contributed by atoms with Gasteiger partial charge in [-0.05, 0) is 26.8 Å². The number of rotatable bonds is 7. The largest absolute Gasteiger partial charge is 0.481 e. The number of nitrogens with zero attached hydrogens (tertiary/aromatic N) is 3. The Kier molecular flexibility index (Phi) is 5.15. The fraction of sp³-hybridized carbons (Fsp3) is 0.667. The van der Waals surface area contributed by atoms with Gasteiger partial charge in [-0.1, -0.05) is 0 Å². The number of aromatic nitrogens is 2. The van der Waals surface area contributed by atoms with E-state index in [2.05, 4.69) is 23.8 Å². The molecule has 0 unspecified atom stereocenters. The molecule has 0 aliphatic heterocycles. The van der Waals surface area contributed by atoms with Gasteiger partial charge < -0.3 is 5.11 Å². The van der Waals surface area contributed by atoms with Crippen molar-refractivity contribution in [3.63, 3.8) is 0 Å². The van der Waals surface area contributed by atoms with Gasteiger partial charge in [0.1, 0.15) is 0 Å². The second-order valence-corrected chi connectivity index (χ2v) is 4.35. The van der Waals surface area contributed by atoms with Gasteiger partial charge in [-0.2, -0.15) is 5.10 Å². The monoisotopic (exact) mass is 239 g/mol. The van der Waals surface area contributed by atoms with E-state index in [0.29, 0.717) is 12.6 Å². The second kappa shape index (κ2) is 6.39. The molecule has 1 aromatic heterocycles. The van der Waals surface area contributed by atoms with Gasteiger partial charge in [0.2, 0.25) is 0 Å². The molecule has 1 aromatic rings. The summed E-state index contributed by atoms with van der Waals surface area (Å²) < 4.78 is 1.94. The van der Waals surface area contributed by atoms with E-state index in [1.165, 1.54) is 0 Å². The third-order valence-corrected chi connectivity index (χ3v) is 2.81. The molecule has 0 aliphatic rings. The molecule has 0 aromatic carbocycles. The summed E-state index contributed by atoms with van der Waals surface area (Å²) in [6.07, 6.45) is 1.97.